The van der Waals surface area contributed by atoms with E-state index in [1.165, 1.54) is 0 Å². The van der Waals surface area contributed by atoms with Crippen molar-refractivity contribution in [2.75, 3.05) is 6.61 Å². The second-order valence-corrected chi connectivity index (χ2v) is 2.03. The molecular formula is C11H18O2. The maximum absolute atomic E-state index is 10.1. The van der Waals surface area contributed by atoms with Crippen LogP contribution in [-0.2, 0) is 9.53 Å². The van der Waals surface area contributed by atoms with Crippen molar-refractivity contribution < 1.29 is 9.53 Å². The third-order valence-electron chi connectivity index (χ3n) is 0.961. The minimum absolute atomic E-state index is 0.359. The first-order valence-corrected chi connectivity index (χ1v) is 4.29. The van der Waals surface area contributed by atoms with Gasteiger partial charge in [-0.2, -0.15) is 0 Å². The fourth-order valence-corrected chi connectivity index (χ4v) is 0.433. The maximum Gasteiger partial charge on any atom is 0.330 e. The molecule has 0 aliphatic heterocycles. The first-order chi connectivity index (χ1) is 6.22. The minimum atomic E-state index is -0.359. The first kappa shape index (κ1) is 14.2. The van der Waals surface area contributed by atoms with E-state index in [9.17, 15) is 4.79 Å². The molecule has 0 spiro atoms. The topological polar surface area (TPSA) is 26.3 Å². The standard InChI is InChI=1S/C6H10.C5H8O2/c1-3-5-6-4-2;1-3-5(6)7-4-2/h3,5-6H,1,4H2,2H3;3H,1,4H2,2H3. The Morgan fingerprint density at radius 3 is 2.15 bits per heavy atom. The van der Waals surface area contributed by atoms with Gasteiger partial charge in [-0.25, -0.2) is 4.79 Å². The van der Waals surface area contributed by atoms with Crippen molar-refractivity contribution in [2.45, 2.75) is 20.3 Å². The van der Waals surface area contributed by atoms with Crippen molar-refractivity contribution in [3.63, 3.8) is 0 Å². The van der Waals surface area contributed by atoms with Crippen LogP contribution >= 0.6 is 0 Å². The highest BCUT2D eigenvalue weighted by atomic mass is 16.5. The second kappa shape index (κ2) is 13.3. The van der Waals surface area contributed by atoms with Gasteiger partial charge in [-0.15, -0.1) is 0 Å². The Balaban J connectivity index is 0. The lowest BCUT2D eigenvalue weighted by Crippen LogP contribution is -1.97. The molecule has 2 nitrogen and oxygen atoms in total. The zero-order valence-corrected chi connectivity index (χ0v) is 8.45. The summed E-state index contributed by atoms with van der Waals surface area (Å²) in [7, 11) is 0. The summed E-state index contributed by atoms with van der Waals surface area (Å²) in [5.74, 6) is -0.359. The second-order valence-electron chi connectivity index (χ2n) is 2.03. The molecule has 0 unspecified atom stereocenters. The summed E-state index contributed by atoms with van der Waals surface area (Å²) in [6.45, 7) is 11.0. The van der Waals surface area contributed by atoms with Crippen LogP contribution in [0.4, 0.5) is 0 Å². The van der Waals surface area contributed by atoms with Gasteiger partial charge in [0.05, 0.1) is 6.61 Å². The van der Waals surface area contributed by atoms with Crippen molar-refractivity contribution in [1.29, 1.82) is 0 Å². The predicted octanol–water partition coefficient (Wildman–Crippen LogP) is 2.87. The third-order valence-corrected chi connectivity index (χ3v) is 0.961. The van der Waals surface area contributed by atoms with Crippen molar-refractivity contribution in [1.82, 2.24) is 0 Å². The molecule has 0 heterocycles. The number of carbonyl (C=O) groups excluding carboxylic acids is 1. The number of hydrogen-bond donors (Lipinski definition) is 0. The highest BCUT2D eigenvalue weighted by Gasteiger charge is 1.86. The van der Waals surface area contributed by atoms with Gasteiger partial charge < -0.3 is 4.74 Å². The van der Waals surface area contributed by atoms with Gasteiger partial charge in [0.2, 0.25) is 0 Å². The summed E-state index contributed by atoms with van der Waals surface area (Å²) in [5, 5.41) is 0. The lowest BCUT2D eigenvalue weighted by molar-refractivity contribution is -0.137. The van der Waals surface area contributed by atoms with Crippen LogP contribution in [0.25, 0.3) is 0 Å². The van der Waals surface area contributed by atoms with Gasteiger partial charge in [0, 0.05) is 6.08 Å². The SMILES string of the molecule is C=CC(=O)OCC.C=CC=CCC. The van der Waals surface area contributed by atoms with Crippen LogP contribution in [0.2, 0.25) is 0 Å². The lowest BCUT2D eigenvalue weighted by Gasteiger charge is -1.90. The van der Waals surface area contributed by atoms with E-state index in [4.69, 9.17) is 0 Å². The molecule has 0 rings (SSSR count). The van der Waals surface area contributed by atoms with Crippen molar-refractivity contribution in [2.24, 2.45) is 0 Å². The van der Waals surface area contributed by atoms with Crippen LogP contribution in [-0.4, -0.2) is 12.6 Å². The summed E-state index contributed by atoms with van der Waals surface area (Å²) < 4.78 is 4.43. The van der Waals surface area contributed by atoms with Crippen molar-refractivity contribution in [3.05, 3.63) is 37.5 Å². The number of esters is 1. The van der Waals surface area contributed by atoms with Crippen LogP contribution in [0.15, 0.2) is 37.5 Å². The number of carbonyl (C=O) groups is 1. The monoisotopic (exact) mass is 182 g/mol. The normalized spacial score (nSPS) is 8.46. The average Bonchev–Trinajstić information content (AvgIpc) is 2.16. The van der Waals surface area contributed by atoms with Gasteiger partial charge in [-0.1, -0.05) is 38.3 Å². The fraction of sp³-hybridized carbons (Fsp3) is 0.364. The molecule has 0 saturated heterocycles. The maximum atomic E-state index is 10.1. The van der Waals surface area contributed by atoms with E-state index < -0.39 is 0 Å². The van der Waals surface area contributed by atoms with E-state index in [0.717, 1.165) is 12.5 Å². The zero-order chi connectivity index (χ0) is 10.5. The summed E-state index contributed by atoms with van der Waals surface area (Å²) in [6, 6.07) is 0. The summed E-state index contributed by atoms with van der Waals surface area (Å²) in [4.78, 5) is 10.1. The Kier molecular flexibility index (Phi) is 14.5. The Morgan fingerprint density at radius 1 is 1.38 bits per heavy atom. The summed E-state index contributed by atoms with van der Waals surface area (Å²) in [5.41, 5.74) is 0. The lowest BCUT2D eigenvalue weighted by atomic mass is 10.4. The largest absolute Gasteiger partial charge is 0.463 e. The van der Waals surface area contributed by atoms with E-state index in [0.29, 0.717) is 6.61 Å². The molecule has 0 N–H and O–H groups in total. The summed E-state index contributed by atoms with van der Waals surface area (Å²) in [6.07, 6.45) is 8.03. The van der Waals surface area contributed by atoms with Gasteiger partial charge in [-0.05, 0) is 13.3 Å². The molecule has 0 aromatic heterocycles. The number of hydrogen-bond acceptors (Lipinski definition) is 2. The molecule has 0 aliphatic carbocycles. The molecule has 74 valence electrons. The van der Waals surface area contributed by atoms with Crippen LogP contribution in [0.5, 0.6) is 0 Å². The van der Waals surface area contributed by atoms with E-state index in [1.54, 1.807) is 13.0 Å². The van der Waals surface area contributed by atoms with Crippen LogP contribution < -0.4 is 0 Å². The molecule has 0 aliphatic rings. The Morgan fingerprint density at radius 2 is 2.00 bits per heavy atom. The van der Waals surface area contributed by atoms with Gasteiger partial charge >= 0.3 is 5.97 Å². The van der Waals surface area contributed by atoms with Crippen molar-refractivity contribution in [3.8, 4) is 0 Å². The van der Waals surface area contributed by atoms with Gasteiger partial charge in [-0.3, -0.25) is 0 Å². The number of allylic oxidation sites excluding steroid dienone is 3. The highest BCUT2D eigenvalue weighted by molar-refractivity contribution is 5.81. The molecule has 13 heavy (non-hydrogen) atoms. The average molecular weight is 182 g/mol. The van der Waals surface area contributed by atoms with Gasteiger partial charge in [0.1, 0.15) is 0 Å². The van der Waals surface area contributed by atoms with Crippen LogP contribution in [0, 0.1) is 0 Å². The molecule has 0 fully saturated rings. The van der Waals surface area contributed by atoms with E-state index in [1.807, 2.05) is 6.08 Å². The molecule has 0 atom stereocenters. The zero-order valence-electron chi connectivity index (χ0n) is 8.45. The molecule has 0 aromatic carbocycles. The first-order valence-electron chi connectivity index (χ1n) is 4.29. The highest BCUT2D eigenvalue weighted by Crippen LogP contribution is 1.76. The van der Waals surface area contributed by atoms with Crippen LogP contribution in [0.1, 0.15) is 20.3 Å². The Labute approximate surface area is 80.6 Å². The molecule has 0 amide bonds. The van der Waals surface area contributed by atoms with Crippen LogP contribution in [0.3, 0.4) is 0 Å². The predicted molar refractivity (Wildman–Crippen MR) is 56.5 cm³/mol. The smallest absolute Gasteiger partial charge is 0.330 e. The minimum Gasteiger partial charge on any atom is -0.463 e. The Hall–Kier alpha value is -1.31. The summed E-state index contributed by atoms with van der Waals surface area (Å²) >= 11 is 0. The molecule has 0 aromatic rings. The van der Waals surface area contributed by atoms with E-state index in [2.05, 4.69) is 30.9 Å². The van der Waals surface area contributed by atoms with Crippen molar-refractivity contribution >= 4 is 5.97 Å². The Bertz CT molecular complexity index is 169. The van der Waals surface area contributed by atoms with Gasteiger partial charge in [0.25, 0.3) is 0 Å². The molecular weight excluding hydrogens is 164 g/mol. The van der Waals surface area contributed by atoms with E-state index >= 15 is 0 Å². The van der Waals surface area contributed by atoms with E-state index in [-0.39, 0.29) is 5.97 Å². The van der Waals surface area contributed by atoms with Gasteiger partial charge in [0.15, 0.2) is 0 Å². The number of ether oxygens (including phenoxy) is 1. The quantitative estimate of drug-likeness (QED) is 0.379. The molecule has 0 radical (unpaired) electrons. The fourth-order valence-electron chi connectivity index (χ4n) is 0.433. The third kappa shape index (κ3) is 18.0. The number of rotatable bonds is 4. The molecule has 2 heteroatoms. The molecule has 0 bridgehead atoms. The molecule has 0 saturated carbocycles.